The minimum absolute atomic E-state index is 0.0316. The Morgan fingerprint density at radius 1 is 1.24 bits per heavy atom. The first-order valence-electron chi connectivity index (χ1n) is 7.65. The molecule has 9 heteroatoms. The normalized spacial score (nSPS) is 29.9. The number of imide groups is 1. The largest absolute Gasteiger partial charge is 0.502 e. The van der Waals surface area contributed by atoms with Crippen molar-refractivity contribution in [1.29, 1.82) is 0 Å². The van der Waals surface area contributed by atoms with E-state index in [1.165, 1.54) is 6.07 Å². The third kappa shape index (κ3) is 2.25. The Morgan fingerprint density at radius 3 is 2.40 bits per heavy atom. The molecule has 2 amide bonds. The van der Waals surface area contributed by atoms with Gasteiger partial charge in [0.15, 0.2) is 0 Å². The van der Waals surface area contributed by atoms with Crippen molar-refractivity contribution in [2.45, 2.75) is 6.42 Å². The predicted molar refractivity (Wildman–Crippen MR) is 86.9 cm³/mol. The molecule has 1 saturated heterocycles. The first-order valence-corrected chi connectivity index (χ1v) is 8.03. The molecule has 2 aliphatic carbocycles. The molecule has 1 heterocycles. The zero-order valence-corrected chi connectivity index (χ0v) is 13.5. The zero-order chi connectivity index (χ0) is 17.9. The summed E-state index contributed by atoms with van der Waals surface area (Å²) in [6, 6.07) is 2.28. The first-order chi connectivity index (χ1) is 11.9. The van der Waals surface area contributed by atoms with Crippen LogP contribution in [0.5, 0.6) is 5.75 Å². The highest BCUT2D eigenvalue weighted by Gasteiger charge is 2.59. The molecule has 2 bridgehead atoms. The van der Waals surface area contributed by atoms with Gasteiger partial charge in [-0.15, -0.1) is 0 Å². The second kappa shape index (κ2) is 5.38. The van der Waals surface area contributed by atoms with E-state index in [1.807, 2.05) is 12.2 Å². The average molecular weight is 362 g/mol. The first kappa shape index (κ1) is 15.8. The van der Waals surface area contributed by atoms with Crippen LogP contribution in [0.1, 0.15) is 12.0 Å². The molecule has 2 fully saturated rings. The van der Waals surface area contributed by atoms with Gasteiger partial charge in [0, 0.05) is 16.7 Å². The van der Waals surface area contributed by atoms with Gasteiger partial charge >= 0.3 is 5.69 Å². The third-order valence-electron chi connectivity index (χ3n) is 5.04. The summed E-state index contributed by atoms with van der Waals surface area (Å²) in [4.78, 5) is 35.1. The SMILES string of the molecule is O=C1C2C3C=CC(C3)C2C(=O)N1N=Cc1cc(Cl)cc([N+](=O)[O-])c1O. The number of rotatable bonds is 3. The number of nitro groups is 1. The van der Waals surface area contributed by atoms with Crippen LogP contribution in [0.2, 0.25) is 5.02 Å². The highest BCUT2D eigenvalue weighted by Crippen LogP contribution is 2.52. The summed E-state index contributed by atoms with van der Waals surface area (Å²) in [5.74, 6) is -2.03. The molecule has 1 aliphatic heterocycles. The van der Waals surface area contributed by atoms with Crippen molar-refractivity contribution in [2.24, 2.45) is 28.8 Å². The highest BCUT2D eigenvalue weighted by molar-refractivity contribution is 6.31. The molecule has 25 heavy (non-hydrogen) atoms. The molecule has 3 aliphatic rings. The molecule has 0 aromatic heterocycles. The van der Waals surface area contributed by atoms with Gasteiger partial charge in [-0.05, 0) is 24.3 Å². The number of fused-ring (bicyclic) bond motifs is 5. The summed E-state index contributed by atoms with van der Waals surface area (Å²) >= 11 is 5.81. The fourth-order valence-corrected chi connectivity index (χ4v) is 4.18. The zero-order valence-electron chi connectivity index (χ0n) is 12.7. The van der Waals surface area contributed by atoms with Gasteiger partial charge in [0.05, 0.1) is 23.0 Å². The number of hydrazone groups is 1. The molecule has 4 unspecified atom stereocenters. The van der Waals surface area contributed by atoms with Crippen molar-refractivity contribution < 1.29 is 19.6 Å². The van der Waals surface area contributed by atoms with Gasteiger partial charge in [-0.25, -0.2) is 0 Å². The number of nitrogens with zero attached hydrogens (tertiary/aromatic N) is 3. The van der Waals surface area contributed by atoms with Crippen LogP contribution in [-0.4, -0.2) is 33.1 Å². The monoisotopic (exact) mass is 361 g/mol. The van der Waals surface area contributed by atoms with Gasteiger partial charge in [-0.2, -0.15) is 10.1 Å². The van der Waals surface area contributed by atoms with Gasteiger partial charge < -0.3 is 5.11 Å². The maximum atomic E-state index is 12.5. The lowest BCUT2D eigenvalue weighted by atomic mass is 9.85. The summed E-state index contributed by atoms with van der Waals surface area (Å²) < 4.78 is 0. The minimum Gasteiger partial charge on any atom is -0.502 e. The lowest BCUT2D eigenvalue weighted by Crippen LogP contribution is -2.28. The van der Waals surface area contributed by atoms with Crippen molar-refractivity contribution in [1.82, 2.24) is 5.01 Å². The number of benzene rings is 1. The van der Waals surface area contributed by atoms with Crippen LogP contribution >= 0.6 is 11.6 Å². The number of halogens is 1. The van der Waals surface area contributed by atoms with Crippen molar-refractivity contribution in [3.8, 4) is 5.75 Å². The lowest BCUT2D eigenvalue weighted by Gasteiger charge is -2.13. The maximum absolute atomic E-state index is 12.5. The molecule has 4 rings (SSSR count). The van der Waals surface area contributed by atoms with Gasteiger partial charge in [-0.1, -0.05) is 23.8 Å². The molecule has 1 N–H and O–H groups in total. The molecule has 128 valence electrons. The Bertz CT molecular complexity index is 851. The molecular formula is C16H12ClN3O5. The van der Waals surface area contributed by atoms with Crippen LogP contribution in [0, 0.1) is 33.8 Å². The number of amides is 2. The molecule has 1 aromatic rings. The van der Waals surface area contributed by atoms with Crippen molar-refractivity contribution in [2.75, 3.05) is 0 Å². The number of nitro benzene ring substituents is 1. The molecule has 0 radical (unpaired) electrons. The van der Waals surface area contributed by atoms with E-state index in [1.54, 1.807) is 0 Å². The van der Waals surface area contributed by atoms with Crippen LogP contribution < -0.4 is 0 Å². The van der Waals surface area contributed by atoms with Crippen LogP contribution in [0.15, 0.2) is 29.4 Å². The standard InChI is InChI=1S/C16H12ClN3O5/c17-10-4-9(14(21)11(5-10)20(24)25)6-18-19-15(22)12-7-1-2-8(3-7)13(12)16(19)23/h1-2,4-8,12-13,21H,3H2. The quantitative estimate of drug-likeness (QED) is 0.291. The molecule has 0 spiro atoms. The Morgan fingerprint density at radius 2 is 1.84 bits per heavy atom. The van der Waals surface area contributed by atoms with E-state index < -0.39 is 16.4 Å². The Hall–Kier alpha value is -2.74. The number of phenolic OH excluding ortho intramolecular Hbond substituents is 1. The van der Waals surface area contributed by atoms with E-state index in [0.717, 1.165) is 23.7 Å². The smallest absolute Gasteiger partial charge is 0.312 e. The maximum Gasteiger partial charge on any atom is 0.312 e. The number of hydrogen-bond acceptors (Lipinski definition) is 6. The van der Waals surface area contributed by atoms with Crippen molar-refractivity contribution in [3.05, 3.63) is 45.0 Å². The van der Waals surface area contributed by atoms with Crippen LogP contribution in [0.25, 0.3) is 0 Å². The molecule has 1 saturated carbocycles. The van der Waals surface area contributed by atoms with Crippen molar-refractivity contribution >= 4 is 35.3 Å². The van der Waals surface area contributed by atoms with Gasteiger partial charge in [0.1, 0.15) is 0 Å². The topological polar surface area (TPSA) is 113 Å². The van der Waals surface area contributed by atoms with Crippen LogP contribution in [-0.2, 0) is 9.59 Å². The second-order valence-corrected chi connectivity index (χ2v) is 6.79. The van der Waals surface area contributed by atoms with E-state index in [4.69, 9.17) is 11.6 Å². The summed E-state index contributed by atoms with van der Waals surface area (Å²) in [6.07, 6.45) is 5.79. The molecule has 8 nitrogen and oxygen atoms in total. The van der Waals surface area contributed by atoms with Crippen molar-refractivity contribution in [3.63, 3.8) is 0 Å². The fraction of sp³-hybridized carbons (Fsp3) is 0.312. The Balaban J connectivity index is 1.64. The summed E-state index contributed by atoms with van der Waals surface area (Å²) in [5.41, 5.74) is -0.620. The summed E-state index contributed by atoms with van der Waals surface area (Å²) in [6.45, 7) is 0. The number of aromatic hydroxyl groups is 1. The van der Waals surface area contributed by atoms with Crippen LogP contribution in [0.4, 0.5) is 5.69 Å². The van der Waals surface area contributed by atoms with Gasteiger partial charge in [-0.3, -0.25) is 19.7 Å². The van der Waals surface area contributed by atoms with E-state index in [0.29, 0.717) is 0 Å². The summed E-state index contributed by atoms with van der Waals surface area (Å²) in [7, 11) is 0. The predicted octanol–water partition coefficient (Wildman–Crippen LogP) is 2.09. The molecule has 1 aromatic carbocycles. The number of carbonyl (C=O) groups is 2. The van der Waals surface area contributed by atoms with E-state index in [-0.39, 0.29) is 46.1 Å². The minimum atomic E-state index is -0.779. The van der Waals surface area contributed by atoms with E-state index in [9.17, 15) is 24.8 Å². The highest BCUT2D eigenvalue weighted by atomic mass is 35.5. The number of allylic oxidation sites excluding steroid dienone is 2. The number of hydrogen-bond donors (Lipinski definition) is 1. The van der Waals surface area contributed by atoms with E-state index >= 15 is 0 Å². The summed E-state index contributed by atoms with van der Waals surface area (Å²) in [5, 5.41) is 25.6. The average Bonchev–Trinajstić information content (AvgIpc) is 3.23. The molecule has 4 atom stereocenters. The Kier molecular flexibility index (Phi) is 3.40. The van der Waals surface area contributed by atoms with E-state index in [2.05, 4.69) is 5.10 Å². The number of carbonyl (C=O) groups excluding carboxylic acids is 2. The molecular weight excluding hydrogens is 350 g/mol. The van der Waals surface area contributed by atoms with Gasteiger partial charge in [0.2, 0.25) is 5.75 Å². The van der Waals surface area contributed by atoms with Gasteiger partial charge in [0.25, 0.3) is 11.8 Å². The Labute approximate surface area is 146 Å². The lowest BCUT2D eigenvalue weighted by molar-refractivity contribution is -0.385. The second-order valence-electron chi connectivity index (χ2n) is 6.35. The third-order valence-corrected chi connectivity index (χ3v) is 5.26. The fourth-order valence-electron chi connectivity index (χ4n) is 3.96. The van der Waals surface area contributed by atoms with Crippen LogP contribution in [0.3, 0.4) is 0 Å². The number of phenols is 1.